The quantitative estimate of drug-likeness (QED) is 0.0281. The molecule has 0 bridgehead atoms. The van der Waals surface area contributed by atoms with Gasteiger partial charge in [0.25, 0.3) is 0 Å². The second kappa shape index (κ2) is 42.7. The van der Waals surface area contributed by atoms with E-state index in [0.717, 1.165) is 116 Å². The van der Waals surface area contributed by atoms with Crippen molar-refractivity contribution < 1.29 is 160 Å². The Morgan fingerprint density at radius 2 is 0.754 bits per heavy atom. The number of aliphatic hydroxyl groups excluding tert-OH is 4. The summed E-state index contributed by atoms with van der Waals surface area (Å²) in [5.41, 5.74) is 11.2. The van der Waals surface area contributed by atoms with Crippen LogP contribution in [0.5, 0.6) is 34.5 Å². The first-order valence-corrected chi connectivity index (χ1v) is 40.1. The zero-order valence-corrected chi connectivity index (χ0v) is 69.3. The van der Waals surface area contributed by atoms with Gasteiger partial charge in [0.15, 0.2) is 46.7 Å². The molecule has 3 aliphatic carbocycles. The monoisotopic (exact) mass is 1700 g/mol. The van der Waals surface area contributed by atoms with Crippen LogP contribution in [0.1, 0.15) is 185 Å². The van der Waals surface area contributed by atoms with Crippen molar-refractivity contribution in [2.45, 2.75) is 210 Å². The number of hydrogen-bond donors (Lipinski definition) is 6. The van der Waals surface area contributed by atoms with Crippen LogP contribution < -0.4 is 47.3 Å². The Hall–Kier alpha value is -8.36. The van der Waals surface area contributed by atoms with Gasteiger partial charge in [-0.15, -0.1) is 0 Å². The molecule has 9 N–H and O–H groups in total. The van der Waals surface area contributed by atoms with Crippen LogP contribution in [-0.4, -0.2) is 205 Å². The van der Waals surface area contributed by atoms with Crippen molar-refractivity contribution in [3.63, 3.8) is 0 Å². The predicted molar refractivity (Wildman–Crippen MR) is 422 cm³/mol. The van der Waals surface area contributed by atoms with Crippen LogP contribution in [0.4, 0.5) is 0 Å². The molecule has 6 aromatic rings. The molecule has 6 aromatic carbocycles. The van der Waals surface area contributed by atoms with Crippen LogP contribution in [0.3, 0.4) is 0 Å². The van der Waals surface area contributed by atoms with Crippen molar-refractivity contribution in [1.29, 1.82) is 0 Å². The molecule has 0 spiro atoms. The Kier molecular flexibility index (Phi) is 33.9. The molecular formula is C86H105BBrLiO29. The first-order chi connectivity index (χ1) is 55.2. The summed E-state index contributed by atoms with van der Waals surface area (Å²) in [5, 5.41) is 56.8. The first-order valence-electron chi connectivity index (χ1n) is 39.3. The van der Waals surface area contributed by atoms with E-state index in [9.17, 15) is 49.2 Å². The van der Waals surface area contributed by atoms with Crippen molar-refractivity contribution in [2.75, 3.05) is 59.5 Å². The molecule has 3 saturated carbocycles. The maximum Gasteiger partial charge on any atom is 1.00 e. The van der Waals surface area contributed by atoms with E-state index in [-0.39, 0.29) is 48.8 Å². The van der Waals surface area contributed by atoms with Gasteiger partial charge in [-0.25, -0.2) is 0 Å². The van der Waals surface area contributed by atoms with E-state index in [4.69, 9.17) is 81.1 Å². The second-order valence-electron chi connectivity index (χ2n) is 30.6. The van der Waals surface area contributed by atoms with Crippen LogP contribution in [0.25, 0.3) is 0 Å². The molecule has 15 rings (SSSR count). The summed E-state index contributed by atoms with van der Waals surface area (Å²) in [4.78, 5) is 71.4. The van der Waals surface area contributed by atoms with Crippen LogP contribution in [0, 0.1) is 11.8 Å². The molecular weight excluding hydrogens is 1590 g/mol. The van der Waals surface area contributed by atoms with Crippen molar-refractivity contribution in [3.05, 3.63) is 175 Å². The SMILES string of the molecule is CC(=O)OC[C@H]1O[C@@H](c2ccc(Br)c(Cc3ccc4c(c3)OCCO4)c2)[C@H](OC(C)=O)[C@@H](OC(C)=O)[C@@H]1C.CC(=O)OC[C@H]1O[C@@H](c2ccc(C3CC3)c(Cc3ccc4c(c3)OCCO4)c2)[C@H](OC(C)=O)[C@@H](OC(C)=O)[C@@H]1C.O.OB(O)C1CC1.OC[C@H]1O[C@@H](c2ccc(C3CC3)c(Cc3ccc4c(c3)OCCO4)c2)[C@H](O)[C@@H](O)[C@@H]1O.[Li+].[OH-]. The fourth-order valence-corrected chi connectivity index (χ4v) is 15.7. The minimum atomic E-state index is -1.39. The summed E-state index contributed by atoms with van der Waals surface area (Å²) in [5.74, 6) is 1.94. The van der Waals surface area contributed by atoms with E-state index in [2.05, 4.69) is 34.1 Å². The van der Waals surface area contributed by atoms with E-state index < -0.39 is 141 Å². The van der Waals surface area contributed by atoms with Gasteiger partial charge >= 0.3 is 61.8 Å². The van der Waals surface area contributed by atoms with Crippen molar-refractivity contribution >= 4 is 58.9 Å². The fourth-order valence-electron chi connectivity index (χ4n) is 15.3. The minimum absolute atomic E-state index is 0. The van der Waals surface area contributed by atoms with Gasteiger partial charge in [-0.3, -0.25) is 28.8 Å². The van der Waals surface area contributed by atoms with Gasteiger partial charge in [-0.1, -0.05) is 109 Å². The van der Waals surface area contributed by atoms with E-state index >= 15 is 0 Å². The number of benzene rings is 6. The molecule has 6 fully saturated rings. The molecule has 118 heavy (non-hydrogen) atoms. The molecule has 29 nitrogen and oxygen atoms in total. The molecule has 9 aliphatic rings. The van der Waals surface area contributed by atoms with E-state index in [1.54, 1.807) is 0 Å². The van der Waals surface area contributed by atoms with Crippen LogP contribution in [0.15, 0.2) is 114 Å². The number of carbonyl (C=O) groups is 6. The van der Waals surface area contributed by atoms with Crippen molar-refractivity contribution in [3.8, 4) is 34.5 Å². The Morgan fingerprint density at radius 1 is 0.415 bits per heavy atom. The van der Waals surface area contributed by atoms with Gasteiger partial charge in [-0.2, -0.15) is 0 Å². The first kappa shape index (κ1) is 93.5. The Labute approximate surface area is 705 Å². The molecule has 0 unspecified atom stereocenters. The average Bonchev–Trinajstić information content (AvgIpc) is 0.819. The third-order valence-corrected chi connectivity index (χ3v) is 22.3. The minimum Gasteiger partial charge on any atom is -0.870 e. The van der Waals surface area contributed by atoms with Gasteiger partial charge in [0.2, 0.25) is 0 Å². The van der Waals surface area contributed by atoms with E-state index in [1.165, 1.54) is 52.7 Å². The standard InChI is InChI=1S/C31H36O9.C28H31BrO9.C24H28O7.C3H7BO2.Li.2H2O/c1-17-28(16-37-18(2)32)40-30(31(39-20(4)34)29(17)38-19(3)33)23-8-9-25(22-6-7-22)24(15-23)13-21-5-10-26-27(14-21)36-12-11-35-26;1-15-25(14-35-16(2)30)38-27(28(37-18(4)32)26(15)36-17(3)31)20-6-7-22(29)21(13-20)11-19-5-8-23-24(12-19)34-10-9-33-23;25-12-20-21(26)22(27)23(28)24(31-20)15-4-5-17(14-2-3-14)16(11-15)9-13-1-6-18-19(10-13)30-8-7-29-18;5-4(6)3-1-2-3;;;/h5,8-10,14-15,17,22,28-31H,6-7,11-13,16H2,1-4H3;5-8,12-13,15,25-28H,9-11,14H2,1-4H3;1,4-6,10-11,14,20-28H,2-3,7-9,12H2;3,5-6H,1-2H2;;2*1H2/q;;;;+1;;/p-1/t17-,28-,29+,30+,31-;15-,25-,26+,27+,28-;20-,21-,22+,23-,24+;;;;/m111..../s1. The smallest absolute Gasteiger partial charge is 0.870 e. The summed E-state index contributed by atoms with van der Waals surface area (Å²) in [7, 11) is -1.04. The second-order valence-corrected chi connectivity index (χ2v) is 31.4. The molecule has 0 radical (unpaired) electrons. The largest absolute Gasteiger partial charge is 1.00 e. The van der Waals surface area contributed by atoms with Gasteiger partial charge in [0.1, 0.15) is 108 Å². The van der Waals surface area contributed by atoms with E-state index in [0.29, 0.717) is 82.1 Å². The number of aliphatic hydroxyl groups is 4. The predicted octanol–water partition coefficient (Wildman–Crippen LogP) is 5.81. The molecule has 3 saturated heterocycles. The number of ether oxygens (including phenoxy) is 15. The summed E-state index contributed by atoms with van der Waals surface area (Å²) in [6, 6.07) is 35.7. The fraction of sp³-hybridized carbons (Fsp3) is 0.512. The van der Waals surface area contributed by atoms with Crippen LogP contribution in [-0.2, 0) is 90.7 Å². The summed E-state index contributed by atoms with van der Waals surface area (Å²) in [6.45, 7) is 14.2. The maximum absolute atomic E-state index is 12.2. The maximum atomic E-state index is 12.2. The molecule has 0 aromatic heterocycles. The topological polar surface area (TPSA) is 424 Å². The van der Waals surface area contributed by atoms with Crippen LogP contribution >= 0.6 is 15.9 Å². The van der Waals surface area contributed by atoms with Crippen molar-refractivity contribution in [1.82, 2.24) is 0 Å². The molecule has 6 aliphatic heterocycles. The summed E-state index contributed by atoms with van der Waals surface area (Å²) >= 11 is 3.64. The summed E-state index contributed by atoms with van der Waals surface area (Å²) < 4.78 is 86.9. The summed E-state index contributed by atoms with van der Waals surface area (Å²) in [6.07, 6.45) is -3.30. The molecule has 634 valence electrons. The number of carbonyl (C=O) groups excluding carboxylic acids is 6. The van der Waals surface area contributed by atoms with Gasteiger partial charge in [0.05, 0.1) is 18.8 Å². The zero-order valence-electron chi connectivity index (χ0n) is 67.7. The Morgan fingerprint density at radius 3 is 1.09 bits per heavy atom. The molecule has 15 atom stereocenters. The Balaban J connectivity index is 0.000000193. The van der Waals surface area contributed by atoms with Crippen LogP contribution in [0.2, 0.25) is 5.82 Å². The third-order valence-electron chi connectivity index (χ3n) is 21.6. The number of rotatable bonds is 21. The van der Waals surface area contributed by atoms with Crippen molar-refractivity contribution in [2.24, 2.45) is 11.8 Å². The van der Waals surface area contributed by atoms with Gasteiger partial charge in [-0.05, 0) is 166 Å². The number of fused-ring (bicyclic) bond motifs is 3. The number of hydrogen-bond acceptors (Lipinski definition) is 28. The number of esters is 6. The van der Waals surface area contributed by atoms with Gasteiger partial charge in [0, 0.05) is 57.9 Å². The molecule has 6 heterocycles. The van der Waals surface area contributed by atoms with E-state index in [1.807, 2.05) is 105 Å². The number of halogens is 1. The zero-order chi connectivity index (χ0) is 81.9. The Bertz CT molecular complexity index is 4420. The average molecular weight is 1700 g/mol. The molecule has 32 heteroatoms. The molecule has 0 amide bonds. The normalized spacial score (nSPS) is 25.5. The van der Waals surface area contributed by atoms with Gasteiger partial charge < -0.3 is 112 Å². The third kappa shape index (κ3) is 24.5.